The Hall–Kier alpha value is -0.690. The van der Waals surface area contributed by atoms with E-state index in [1.54, 1.807) is 0 Å². The molecule has 3 N–H and O–H groups in total. The Labute approximate surface area is 101 Å². The summed E-state index contributed by atoms with van der Waals surface area (Å²) in [7, 11) is 0. The van der Waals surface area contributed by atoms with Crippen LogP contribution in [0.5, 0.6) is 0 Å². The van der Waals surface area contributed by atoms with E-state index < -0.39 is 18.5 Å². The average molecular weight is 247 g/mol. The average Bonchev–Trinajstić information content (AvgIpc) is 2.27. The molecule has 2 unspecified atom stereocenters. The fraction of sp³-hybridized carbons (Fsp3) is 0.909. The number of hydrogen-bond acceptors (Lipinski definition) is 5. The van der Waals surface area contributed by atoms with Crippen molar-refractivity contribution in [1.29, 1.82) is 0 Å². The molecule has 0 aromatic rings. The number of rotatable bonds is 5. The van der Waals surface area contributed by atoms with Crippen LogP contribution in [0, 0.1) is 0 Å². The van der Waals surface area contributed by atoms with Crippen molar-refractivity contribution in [1.82, 2.24) is 5.32 Å². The van der Waals surface area contributed by atoms with Crippen LogP contribution < -0.4 is 5.32 Å². The molecule has 6 nitrogen and oxygen atoms in total. The van der Waals surface area contributed by atoms with Crippen LogP contribution in [-0.4, -0.2) is 53.9 Å². The lowest BCUT2D eigenvalue weighted by atomic mass is 10.0. The zero-order valence-electron chi connectivity index (χ0n) is 10.3. The van der Waals surface area contributed by atoms with Crippen molar-refractivity contribution in [2.75, 3.05) is 13.2 Å². The Morgan fingerprint density at radius 1 is 1.59 bits per heavy atom. The number of amides is 1. The van der Waals surface area contributed by atoms with E-state index in [0.29, 0.717) is 13.0 Å². The van der Waals surface area contributed by atoms with Crippen molar-refractivity contribution in [2.24, 2.45) is 0 Å². The second-order valence-corrected chi connectivity index (χ2v) is 4.21. The molecule has 1 saturated heterocycles. The molecule has 1 aliphatic heterocycles. The van der Waals surface area contributed by atoms with Gasteiger partial charge in [0.05, 0.1) is 18.8 Å². The Morgan fingerprint density at radius 3 is 2.82 bits per heavy atom. The molecule has 0 aromatic heterocycles. The first-order valence-electron chi connectivity index (χ1n) is 5.91. The van der Waals surface area contributed by atoms with E-state index in [9.17, 15) is 9.90 Å². The van der Waals surface area contributed by atoms with Crippen LogP contribution in [-0.2, 0) is 14.3 Å². The second-order valence-electron chi connectivity index (χ2n) is 4.21. The molecule has 100 valence electrons. The van der Waals surface area contributed by atoms with E-state index in [0.717, 1.165) is 6.42 Å². The number of carbonyl (C=O) groups is 1. The van der Waals surface area contributed by atoms with Crippen molar-refractivity contribution in [3.05, 3.63) is 0 Å². The maximum Gasteiger partial charge on any atom is 0.217 e. The predicted octanol–water partition coefficient (Wildman–Crippen LogP) is -0.614. The quantitative estimate of drug-likeness (QED) is 0.603. The third-order valence-corrected chi connectivity index (χ3v) is 2.62. The highest BCUT2D eigenvalue weighted by Gasteiger charge is 2.37. The summed E-state index contributed by atoms with van der Waals surface area (Å²) in [5.41, 5.74) is 0. The topological polar surface area (TPSA) is 88.0 Å². The molecular formula is C11H21NO5. The van der Waals surface area contributed by atoms with Crippen LogP contribution in [0.25, 0.3) is 0 Å². The maximum absolute atomic E-state index is 11.0. The smallest absolute Gasteiger partial charge is 0.217 e. The molecule has 17 heavy (non-hydrogen) atoms. The van der Waals surface area contributed by atoms with Gasteiger partial charge in [-0.2, -0.15) is 0 Å². The molecule has 1 fully saturated rings. The number of carbonyl (C=O) groups excluding carboxylic acids is 1. The Kier molecular flexibility index (Phi) is 5.84. The molecular weight excluding hydrogens is 226 g/mol. The highest BCUT2D eigenvalue weighted by Crippen LogP contribution is 2.21. The monoisotopic (exact) mass is 247 g/mol. The van der Waals surface area contributed by atoms with Crippen LogP contribution in [0.1, 0.15) is 26.7 Å². The van der Waals surface area contributed by atoms with Crippen molar-refractivity contribution in [3.63, 3.8) is 0 Å². The molecule has 0 saturated carbocycles. The van der Waals surface area contributed by atoms with Gasteiger partial charge >= 0.3 is 0 Å². The first-order chi connectivity index (χ1) is 8.08. The summed E-state index contributed by atoms with van der Waals surface area (Å²) in [6.07, 6.45) is -0.905. The van der Waals surface area contributed by atoms with Gasteiger partial charge in [0, 0.05) is 20.0 Å². The van der Waals surface area contributed by atoms with Crippen LogP contribution in [0.15, 0.2) is 0 Å². The SMILES string of the molecule is CCCO[C@@H]1OC(CO)[C@@H](O)CC1NC(C)=O. The summed E-state index contributed by atoms with van der Waals surface area (Å²) in [6.45, 7) is 3.62. The van der Waals surface area contributed by atoms with E-state index >= 15 is 0 Å². The lowest BCUT2D eigenvalue weighted by molar-refractivity contribution is -0.241. The molecule has 4 atom stereocenters. The molecule has 1 aliphatic rings. The molecule has 0 radical (unpaired) electrons. The summed E-state index contributed by atoms with van der Waals surface area (Å²) < 4.78 is 10.9. The molecule has 6 heteroatoms. The van der Waals surface area contributed by atoms with Gasteiger partial charge in [0.25, 0.3) is 0 Å². The number of ether oxygens (including phenoxy) is 2. The zero-order chi connectivity index (χ0) is 12.8. The Balaban J connectivity index is 2.60. The number of aliphatic hydroxyl groups is 2. The van der Waals surface area contributed by atoms with E-state index in [1.165, 1.54) is 6.92 Å². The van der Waals surface area contributed by atoms with Crippen LogP contribution in [0.2, 0.25) is 0 Å². The van der Waals surface area contributed by atoms with E-state index in [1.807, 2.05) is 6.92 Å². The normalized spacial score (nSPS) is 33.4. The summed E-state index contributed by atoms with van der Waals surface area (Å²) in [5.74, 6) is -0.196. The number of hydrogen-bond donors (Lipinski definition) is 3. The fourth-order valence-electron chi connectivity index (χ4n) is 1.82. The Morgan fingerprint density at radius 2 is 2.29 bits per heavy atom. The van der Waals surface area contributed by atoms with Gasteiger partial charge in [-0.15, -0.1) is 0 Å². The van der Waals surface area contributed by atoms with Crippen LogP contribution in [0.3, 0.4) is 0 Å². The lowest BCUT2D eigenvalue weighted by Gasteiger charge is -2.38. The maximum atomic E-state index is 11.0. The fourth-order valence-corrected chi connectivity index (χ4v) is 1.82. The molecule has 0 spiro atoms. The molecule has 1 rings (SSSR count). The number of nitrogens with one attached hydrogen (secondary N) is 1. The molecule has 1 heterocycles. The minimum absolute atomic E-state index is 0.196. The van der Waals surface area contributed by atoms with Crippen molar-refractivity contribution in [3.8, 4) is 0 Å². The summed E-state index contributed by atoms with van der Waals surface area (Å²) in [6, 6.07) is -0.378. The summed E-state index contributed by atoms with van der Waals surface area (Å²) >= 11 is 0. The first-order valence-corrected chi connectivity index (χ1v) is 5.91. The molecule has 0 aliphatic carbocycles. The van der Waals surface area contributed by atoms with Gasteiger partial charge in [0.15, 0.2) is 6.29 Å². The van der Waals surface area contributed by atoms with Gasteiger partial charge in [0.1, 0.15) is 6.10 Å². The van der Waals surface area contributed by atoms with Crippen molar-refractivity contribution >= 4 is 5.91 Å². The predicted molar refractivity (Wildman–Crippen MR) is 60.2 cm³/mol. The number of aliphatic hydroxyl groups excluding tert-OH is 2. The van der Waals surface area contributed by atoms with E-state index in [-0.39, 0.29) is 18.6 Å². The first kappa shape index (κ1) is 14.4. The van der Waals surface area contributed by atoms with E-state index in [2.05, 4.69) is 5.32 Å². The largest absolute Gasteiger partial charge is 0.394 e. The minimum atomic E-state index is -0.793. The van der Waals surface area contributed by atoms with Crippen molar-refractivity contribution < 1.29 is 24.5 Å². The van der Waals surface area contributed by atoms with Gasteiger partial charge in [-0.25, -0.2) is 0 Å². The molecule has 0 bridgehead atoms. The Bertz CT molecular complexity index is 248. The van der Waals surface area contributed by atoms with Gasteiger partial charge in [-0.05, 0) is 6.42 Å². The molecule has 1 amide bonds. The van der Waals surface area contributed by atoms with E-state index in [4.69, 9.17) is 14.6 Å². The van der Waals surface area contributed by atoms with Gasteiger partial charge in [0.2, 0.25) is 5.91 Å². The summed E-state index contributed by atoms with van der Waals surface area (Å²) in [5, 5.41) is 21.4. The highest BCUT2D eigenvalue weighted by molar-refractivity contribution is 5.73. The molecule has 0 aromatic carbocycles. The zero-order valence-corrected chi connectivity index (χ0v) is 10.3. The highest BCUT2D eigenvalue weighted by atomic mass is 16.7. The lowest BCUT2D eigenvalue weighted by Crippen LogP contribution is -2.56. The third-order valence-electron chi connectivity index (χ3n) is 2.62. The standard InChI is InChI=1S/C11H21NO5/c1-3-4-16-11-8(12-7(2)14)5-9(15)10(6-13)17-11/h8-11,13,15H,3-6H2,1-2H3,(H,12,14)/t8?,9-,10?,11+/m0/s1. The summed E-state index contributed by atoms with van der Waals surface area (Å²) in [4.78, 5) is 11.0. The van der Waals surface area contributed by atoms with Gasteiger partial charge < -0.3 is 25.0 Å². The third kappa shape index (κ3) is 4.23. The minimum Gasteiger partial charge on any atom is -0.394 e. The van der Waals surface area contributed by atoms with Crippen LogP contribution in [0.4, 0.5) is 0 Å². The van der Waals surface area contributed by atoms with Crippen LogP contribution >= 0.6 is 0 Å². The van der Waals surface area contributed by atoms with Gasteiger partial charge in [-0.3, -0.25) is 4.79 Å². The van der Waals surface area contributed by atoms with Crippen molar-refractivity contribution in [2.45, 2.75) is 51.2 Å². The second kappa shape index (κ2) is 6.90. The van der Waals surface area contributed by atoms with Gasteiger partial charge in [-0.1, -0.05) is 6.92 Å².